The number of rotatable bonds is 8. The molecule has 2 aliphatic heterocycles. The summed E-state index contributed by atoms with van der Waals surface area (Å²) in [7, 11) is -4.47. The number of hydrogen-bond donors (Lipinski definition) is 1. The van der Waals surface area contributed by atoms with E-state index in [0.29, 0.717) is 55.4 Å². The quantitative estimate of drug-likeness (QED) is 0.196. The predicted molar refractivity (Wildman–Crippen MR) is 206 cm³/mol. The van der Waals surface area contributed by atoms with Crippen molar-refractivity contribution < 1.29 is 22.4 Å². The Labute approximate surface area is 308 Å². The number of hydrogen-bond acceptors (Lipinski definition) is 8. The number of sulfonamides is 1. The molecule has 4 heterocycles. The summed E-state index contributed by atoms with van der Waals surface area (Å²) in [6.45, 7) is 13.4. The summed E-state index contributed by atoms with van der Waals surface area (Å²) < 4.78 is 44.3. The number of aryl methyl sites for hydroxylation is 1. The van der Waals surface area contributed by atoms with Crippen molar-refractivity contribution in [1.29, 1.82) is 0 Å². The van der Waals surface area contributed by atoms with Gasteiger partial charge in [0.1, 0.15) is 11.5 Å². The van der Waals surface area contributed by atoms with Crippen LogP contribution in [0, 0.1) is 0 Å². The molecule has 6 rings (SSSR count). The predicted octanol–water partition coefficient (Wildman–Crippen LogP) is 6.70. The minimum Gasteiger partial charge on any atom is -0.412 e. The van der Waals surface area contributed by atoms with Crippen LogP contribution in [0.2, 0.25) is 18.1 Å². The summed E-state index contributed by atoms with van der Waals surface area (Å²) in [6.07, 6.45) is 3.81. The minimum atomic E-state index is -3.88. The molecule has 4 aromatic rings. The number of benzene rings is 2. The molecule has 0 aliphatic carbocycles. The van der Waals surface area contributed by atoms with Gasteiger partial charge in [-0.15, -0.1) is 0 Å². The standard InChI is InChI=1S/C37H44BrN5O6SSi/c1-37(2,3)51(5,6)49-24-30-29(8-7-9-32(30)43-15-14-25-20-28(38)11-12-33(25)50(43,46)47)27-21-31(36(45)41(4)23-27)40-34-13-10-26(22-39-34)35(44)42-16-18-48-19-17-42/h7-13,20-23H,14-19,24H2,1-6H3,(H,39,40). The van der Waals surface area contributed by atoms with Crippen LogP contribution in [-0.2, 0) is 39.3 Å². The van der Waals surface area contributed by atoms with Crippen LogP contribution >= 0.6 is 15.9 Å². The van der Waals surface area contributed by atoms with E-state index in [4.69, 9.17) is 9.16 Å². The number of aromatic nitrogens is 2. The monoisotopic (exact) mass is 793 g/mol. The maximum atomic E-state index is 14.2. The van der Waals surface area contributed by atoms with Gasteiger partial charge in [0.05, 0.1) is 36.0 Å². The van der Waals surface area contributed by atoms with Crippen LogP contribution < -0.4 is 15.2 Å². The number of carbonyl (C=O) groups excluding carboxylic acids is 1. The number of carbonyl (C=O) groups is 1. The van der Waals surface area contributed by atoms with Crippen LogP contribution in [0.1, 0.15) is 42.3 Å². The molecule has 2 aromatic carbocycles. The molecule has 0 atom stereocenters. The van der Waals surface area contributed by atoms with E-state index >= 15 is 0 Å². The van der Waals surface area contributed by atoms with Gasteiger partial charge < -0.3 is 23.9 Å². The molecule has 14 heteroatoms. The van der Waals surface area contributed by atoms with Gasteiger partial charge in [-0.05, 0) is 78.1 Å². The second kappa shape index (κ2) is 14.3. The van der Waals surface area contributed by atoms with E-state index in [-0.39, 0.29) is 40.2 Å². The molecular formula is C37H44BrN5O6SSi. The first-order chi connectivity index (χ1) is 24.1. The molecule has 1 N–H and O–H groups in total. The fourth-order valence-electron chi connectivity index (χ4n) is 6.04. The molecular weight excluding hydrogens is 750 g/mol. The zero-order valence-corrected chi connectivity index (χ0v) is 33.2. The highest BCUT2D eigenvalue weighted by Crippen LogP contribution is 2.41. The number of fused-ring (bicyclic) bond motifs is 1. The Morgan fingerprint density at radius 3 is 2.49 bits per heavy atom. The van der Waals surface area contributed by atoms with Crippen LogP contribution in [0.5, 0.6) is 0 Å². The second-order valence-corrected chi connectivity index (χ2v) is 22.0. The van der Waals surface area contributed by atoms with E-state index in [2.05, 4.69) is 60.1 Å². The van der Waals surface area contributed by atoms with Crippen molar-refractivity contribution in [1.82, 2.24) is 14.5 Å². The number of pyridine rings is 2. The molecule has 51 heavy (non-hydrogen) atoms. The van der Waals surface area contributed by atoms with Crippen molar-refractivity contribution in [3.63, 3.8) is 0 Å². The highest BCUT2D eigenvalue weighted by Gasteiger charge is 2.38. The number of halogens is 1. The number of nitrogens with one attached hydrogen (secondary N) is 1. The summed E-state index contributed by atoms with van der Waals surface area (Å²) in [5.74, 6) is 0.289. The number of morpholine rings is 1. The van der Waals surface area contributed by atoms with Gasteiger partial charge in [0.2, 0.25) is 0 Å². The Kier molecular flexibility index (Phi) is 10.4. The van der Waals surface area contributed by atoms with Crippen LogP contribution in [0.15, 0.2) is 81.2 Å². The van der Waals surface area contributed by atoms with Gasteiger partial charge in [0.15, 0.2) is 8.32 Å². The average molecular weight is 795 g/mol. The number of ether oxygens (including phenoxy) is 1. The van der Waals surface area contributed by atoms with Crippen LogP contribution in [0.25, 0.3) is 11.1 Å². The molecule has 0 saturated carbocycles. The van der Waals surface area contributed by atoms with E-state index in [0.717, 1.165) is 21.2 Å². The Balaban J connectivity index is 1.39. The molecule has 11 nitrogen and oxygen atoms in total. The van der Waals surface area contributed by atoms with Crippen molar-refractivity contribution in [2.24, 2.45) is 7.05 Å². The molecule has 1 amide bonds. The first-order valence-electron chi connectivity index (χ1n) is 16.9. The third-order valence-corrected chi connectivity index (χ3v) is 16.9. The maximum Gasteiger partial charge on any atom is 0.274 e. The van der Waals surface area contributed by atoms with Gasteiger partial charge in [0.25, 0.3) is 21.5 Å². The van der Waals surface area contributed by atoms with Gasteiger partial charge in [-0.2, -0.15) is 0 Å². The fraction of sp³-hybridized carbons (Fsp3) is 0.378. The highest BCUT2D eigenvalue weighted by molar-refractivity contribution is 9.10. The molecule has 0 radical (unpaired) electrons. The summed E-state index contributed by atoms with van der Waals surface area (Å²) in [5.41, 5.74) is 3.96. The van der Waals surface area contributed by atoms with Crippen molar-refractivity contribution in [2.45, 2.75) is 56.8 Å². The van der Waals surface area contributed by atoms with Crippen LogP contribution in [0.3, 0.4) is 0 Å². The molecule has 0 unspecified atom stereocenters. The zero-order valence-electron chi connectivity index (χ0n) is 29.8. The highest BCUT2D eigenvalue weighted by atomic mass is 79.9. The van der Waals surface area contributed by atoms with E-state index in [1.54, 1.807) is 48.5 Å². The summed E-state index contributed by atoms with van der Waals surface area (Å²) in [5, 5.41) is 3.07. The van der Waals surface area contributed by atoms with E-state index < -0.39 is 18.3 Å². The van der Waals surface area contributed by atoms with Gasteiger partial charge in [-0.3, -0.25) is 13.9 Å². The Morgan fingerprint density at radius 1 is 1.06 bits per heavy atom. The minimum absolute atomic E-state index is 0.0747. The lowest BCUT2D eigenvalue weighted by Crippen LogP contribution is -2.41. The second-order valence-electron chi connectivity index (χ2n) is 14.5. The number of amides is 1. The lowest BCUT2D eigenvalue weighted by atomic mass is 9.99. The maximum absolute atomic E-state index is 14.2. The lowest BCUT2D eigenvalue weighted by Gasteiger charge is -2.37. The van der Waals surface area contributed by atoms with Crippen molar-refractivity contribution >= 4 is 57.4 Å². The van der Waals surface area contributed by atoms with Gasteiger partial charge in [-0.25, -0.2) is 13.4 Å². The zero-order chi connectivity index (χ0) is 36.7. The topological polar surface area (TPSA) is 123 Å². The molecule has 1 saturated heterocycles. The van der Waals surface area contributed by atoms with Gasteiger partial charge in [0, 0.05) is 54.7 Å². The lowest BCUT2D eigenvalue weighted by molar-refractivity contribution is 0.0302. The molecule has 2 aromatic heterocycles. The normalized spacial score (nSPS) is 16.1. The van der Waals surface area contributed by atoms with Gasteiger partial charge >= 0.3 is 0 Å². The Morgan fingerprint density at radius 2 is 1.80 bits per heavy atom. The largest absolute Gasteiger partial charge is 0.412 e. The van der Waals surface area contributed by atoms with Crippen molar-refractivity contribution in [3.8, 4) is 11.1 Å². The Bertz CT molecular complexity index is 2130. The molecule has 0 bridgehead atoms. The smallest absolute Gasteiger partial charge is 0.274 e. The first-order valence-corrected chi connectivity index (χ1v) is 22.1. The molecule has 1 fully saturated rings. The molecule has 0 spiro atoms. The average Bonchev–Trinajstić information content (AvgIpc) is 3.09. The molecule has 270 valence electrons. The fourth-order valence-corrected chi connectivity index (χ4v) is 9.11. The van der Waals surface area contributed by atoms with E-state index in [1.165, 1.54) is 15.1 Å². The van der Waals surface area contributed by atoms with Crippen LogP contribution in [0.4, 0.5) is 17.2 Å². The van der Waals surface area contributed by atoms with Crippen molar-refractivity contribution in [2.75, 3.05) is 42.5 Å². The number of anilines is 3. The SMILES string of the molecule is Cn1cc(-c2cccc(N3CCc4cc(Br)ccc4S3(=O)=O)c2CO[Si](C)(C)C(C)(C)C)cc(Nc2ccc(C(=O)N3CCOCC3)cn2)c1=O. The van der Waals surface area contributed by atoms with E-state index in [9.17, 15) is 18.0 Å². The third-order valence-electron chi connectivity index (χ3n) is 10.0. The summed E-state index contributed by atoms with van der Waals surface area (Å²) in [4.78, 5) is 32.8. The van der Waals surface area contributed by atoms with Gasteiger partial charge in [-0.1, -0.05) is 48.8 Å². The summed E-state index contributed by atoms with van der Waals surface area (Å²) in [6, 6.07) is 16.0. The third kappa shape index (κ3) is 7.56. The van der Waals surface area contributed by atoms with E-state index in [1.807, 2.05) is 24.3 Å². The van der Waals surface area contributed by atoms with Crippen molar-refractivity contribution in [3.05, 3.63) is 98.5 Å². The Hall–Kier alpha value is -3.82. The van der Waals surface area contributed by atoms with Crippen LogP contribution in [-0.4, -0.2) is 69.9 Å². The first kappa shape index (κ1) is 37.0. The molecule has 2 aliphatic rings. The number of nitrogens with zero attached hydrogens (tertiary/aromatic N) is 4. The summed E-state index contributed by atoms with van der Waals surface area (Å²) >= 11 is 3.48.